The van der Waals surface area contributed by atoms with Gasteiger partial charge < -0.3 is 4.90 Å². The zero-order valence-corrected chi connectivity index (χ0v) is 11.7. The van der Waals surface area contributed by atoms with Crippen molar-refractivity contribution in [1.29, 1.82) is 0 Å². The van der Waals surface area contributed by atoms with Gasteiger partial charge in [0.05, 0.1) is 0 Å². The van der Waals surface area contributed by atoms with Crippen LogP contribution in [-0.2, 0) is 4.79 Å². The highest BCUT2D eigenvalue weighted by Gasteiger charge is 2.33. The van der Waals surface area contributed by atoms with Gasteiger partial charge in [-0.25, -0.2) is 0 Å². The number of Topliss-reactive ketones (excluding diaryl/α,β-unsaturated/α-hetero) is 1. The Kier molecular flexibility index (Phi) is 6.44. The summed E-state index contributed by atoms with van der Waals surface area (Å²) < 4.78 is 0. The third kappa shape index (κ3) is 4.46. The fraction of sp³-hybridized carbons (Fsp3) is 0.923. The molecule has 2 atom stereocenters. The van der Waals surface area contributed by atoms with Gasteiger partial charge in [-0.05, 0) is 39.1 Å². The quantitative estimate of drug-likeness (QED) is 0.641. The number of thioether (sulfide) groups is 1. The summed E-state index contributed by atoms with van der Waals surface area (Å²) in [6, 6.07) is 0. The molecule has 1 aliphatic carbocycles. The summed E-state index contributed by atoms with van der Waals surface area (Å²) in [5.74, 6) is 3.47. The van der Waals surface area contributed by atoms with E-state index in [-0.39, 0.29) is 0 Å². The maximum absolute atomic E-state index is 12.1. The molecule has 94 valence electrons. The van der Waals surface area contributed by atoms with Gasteiger partial charge in [-0.3, -0.25) is 4.79 Å². The number of rotatable bonds is 7. The van der Waals surface area contributed by atoms with E-state index in [0.717, 1.165) is 25.1 Å². The Morgan fingerprint density at radius 1 is 1.31 bits per heavy atom. The molecule has 2 nitrogen and oxygen atoms in total. The first-order valence-electron chi connectivity index (χ1n) is 6.41. The molecule has 1 rings (SSSR count). The average molecular weight is 243 g/mol. The Balaban J connectivity index is 2.22. The number of carbonyl (C=O) groups is 1. The minimum absolute atomic E-state index is 0.312. The SMILES string of the molecule is CCCCSCC1CCC(CN(C)C)C1=O. The second kappa shape index (κ2) is 7.33. The van der Waals surface area contributed by atoms with E-state index in [2.05, 4.69) is 25.9 Å². The first-order chi connectivity index (χ1) is 7.65. The van der Waals surface area contributed by atoms with E-state index in [1.54, 1.807) is 0 Å². The number of carbonyl (C=O) groups excluding carboxylic acids is 1. The molecule has 0 aliphatic heterocycles. The second-order valence-corrected chi connectivity index (χ2v) is 6.21. The van der Waals surface area contributed by atoms with Gasteiger partial charge in [0, 0.05) is 24.1 Å². The first-order valence-corrected chi connectivity index (χ1v) is 7.56. The summed E-state index contributed by atoms with van der Waals surface area (Å²) in [7, 11) is 4.10. The van der Waals surface area contributed by atoms with Gasteiger partial charge in [0.25, 0.3) is 0 Å². The second-order valence-electron chi connectivity index (χ2n) is 5.06. The van der Waals surface area contributed by atoms with Crippen molar-refractivity contribution in [2.75, 3.05) is 32.1 Å². The van der Waals surface area contributed by atoms with Crippen LogP contribution in [0.2, 0.25) is 0 Å². The van der Waals surface area contributed by atoms with E-state index in [1.165, 1.54) is 18.6 Å². The van der Waals surface area contributed by atoms with Gasteiger partial charge in [0.1, 0.15) is 5.78 Å². The molecule has 0 spiro atoms. The van der Waals surface area contributed by atoms with Gasteiger partial charge in [0.15, 0.2) is 0 Å². The lowest BCUT2D eigenvalue weighted by atomic mass is 10.0. The van der Waals surface area contributed by atoms with Crippen LogP contribution in [0.15, 0.2) is 0 Å². The molecule has 1 aliphatic rings. The summed E-state index contributed by atoms with van der Waals surface area (Å²) in [5, 5.41) is 0. The van der Waals surface area contributed by atoms with E-state index in [4.69, 9.17) is 0 Å². The number of hydrogen-bond donors (Lipinski definition) is 0. The molecule has 1 saturated carbocycles. The molecule has 2 unspecified atom stereocenters. The Morgan fingerprint density at radius 3 is 2.62 bits per heavy atom. The standard InChI is InChI=1S/C13H25NOS/c1-4-5-8-16-10-12-7-6-11(13(12)15)9-14(2)3/h11-12H,4-10H2,1-3H3. The van der Waals surface area contributed by atoms with Crippen LogP contribution in [0.5, 0.6) is 0 Å². The molecule has 0 heterocycles. The van der Waals surface area contributed by atoms with E-state index < -0.39 is 0 Å². The van der Waals surface area contributed by atoms with E-state index in [0.29, 0.717) is 17.6 Å². The summed E-state index contributed by atoms with van der Waals surface area (Å²) >= 11 is 1.97. The summed E-state index contributed by atoms with van der Waals surface area (Å²) in [6.45, 7) is 3.16. The number of ketones is 1. The molecule has 1 fully saturated rings. The van der Waals surface area contributed by atoms with Crippen LogP contribution < -0.4 is 0 Å². The van der Waals surface area contributed by atoms with Crippen LogP contribution >= 0.6 is 11.8 Å². The molecule has 0 amide bonds. The minimum atomic E-state index is 0.312. The lowest BCUT2D eigenvalue weighted by molar-refractivity contribution is -0.123. The zero-order valence-electron chi connectivity index (χ0n) is 10.9. The summed E-state index contributed by atoms with van der Waals surface area (Å²) in [5.41, 5.74) is 0. The highest BCUT2D eigenvalue weighted by atomic mass is 32.2. The Labute approximate surface area is 104 Å². The maximum atomic E-state index is 12.1. The Morgan fingerprint density at radius 2 is 2.00 bits per heavy atom. The Hall–Kier alpha value is -0.0200. The smallest absolute Gasteiger partial charge is 0.141 e. The molecule has 0 aromatic carbocycles. The van der Waals surface area contributed by atoms with Crippen LogP contribution in [-0.4, -0.2) is 42.8 Å². The lowest BCUT2D eigenvalue weighted by Crippen LogP contribution is -2.26. The van der Waals surface area contributed by atoms with E-state index in [9.17, 15) is 4.79 Å². The van der Waals surface area contributed by atoms with Gasteiger partial charge in [-0.1, -0.05) is 13.3 Å². The third-order valence-electron chi connectivity index (χ3n) is 3.22. The molecule has 0 saturated heterocycles. The topological polar surface area (TPSA) is 20.3 Å². The fourth-order valence-corrected chi connectivity index (χ4v) is 3.55. The van der Waals surface area contributed by atoms with Crippen molar-refractivity contribution in [2.45, 2.75) is 32.6 Å². The normalized spacial score (nSPS) is 25.6. The molecular formula is C13H25NOS. The van der Waals surface area contributed by atoms with Gasteiger partial charge >= 0.3 is 0 Å². The van der Waals surface area contributed by atoms with Crippen LogP contribution in [0, 0.1) is 11.8 Å². The highest BCUT2D eigenvalue weighted by Crippen LogP contribution is 2.30. The van der Waals surface area contributed by atoms with Crippen LogP contribution in [0.3, 0.4) is 0 Å². The maximum Gasteiger partial charge on any atom is 0.141 e. The highest BCUT2D eigenvalue weighted by molar-refractivity contribution is 7.99. The molecule has 0 N–H and O–H groups in total. The molecule has 0 radical (unpaired) electrons. The van der Waals surface area contributed by atoms with Crippen molar-refractivity contribution in [3.8, 4) is 0 Å². The fourth-order valence-electron chi connectivity index (χ4n) is 2.28. The molecule has 0 aromatic rings. The van der Waals surface area contributed by atoms with E-state index >= 15 is 0 Å². The summed E-state index contributed by atoms with van der Waals surface area (Å²) in [6.07, 6.45) is 4.77. The molecule has 0 bridgehead atoms. The number of hydrogen-bond acceptors (Lipinski definition) is 3. The van der Waals surface area contributed by atoms with Crippen LogP contribution in [0.1, 0.15) is 32.6 Å². The molecular weight excluding hydrogens is 218 g/mol. The minimum Gasteiger partial charge on any atom is -0.309 e. The van der Waals surface area contributed by atoms with Crippen molar-refractivity contribution in [2.24, 2.45) is 11.8 Å². The van der Waals surface area contributed by atoms with Crippen molar-refractivity contribution in [1.82, 2.24) is 4.90 Å². The predicted octanol–water partition coefficient (Wildman–Crippen LogP) is 2.68. The van der Waals surface area contributed by atoms with Crippen molar-refractivity contribution in [3.63, 3.8) is 0 Å². The van der Waals surface area contributed by atoms with Gasteiger partial charge in [-0.2, -0.15) is 11.8 Å². The van der Waals surface area contributed by atoms with Crippen LogP contribution in [0.25, 0.3) is 0 Å². The van der Waals surface area contributed by atoms with Crippen molar-refractivity contribution < 1.29 is 4.79 Å². The number of unbranched alkanes of at least 4 members (excludes halogenated alkanes) is 1. The zero-order chi connectivity index (χ0) is 12.0. The van der Waals surface area contributed by atoms with Crippen molar-refractivity contribution in [3.05, 3.63) is 0 Å². The van der Waals surface area contributed by atoms with Gasteiger partial charge in [0.2, 0.25) is 0 Å². The molecule has 3 heteroatoms. The first kappa shape index (κ1) is 14.0. The summed E-state index contributed by atoms with van der Waals surface area (Å²) in [4.78, 5) is 14.2. The Bertz CT molecular complexity index is 218. The van der Waals surface area contributed by atoms with E-state index in [1.807, 2.05) is 11.8 Å². The number of nitrogens with zero attached hydrogens (tertiary/aromatic N) is 1. The van der Waals surface area contributed by atoms with Crippen LogP contribution in [0.4, 0.5) is 0 Å². The third-order valence-corrected chi connectivity index (χ3v) is 4.43. The van der Waals surface area contributed by atoms with Crippen molar-refractivity contribution >= 4 is 17.5 Å². The monoisotopic (exact) mass is 243 g/mol. The largest absolute Gasteiger partial charge is 0.309 e. The molecule has 16 heavy (non-hydrogen) atoms. The lowest BCUT2D eigenvalue weighted by Gasteiger charge is -2.15. The predicted molar refractivity (Wildman–Crippen MR) is 72.0 cm³/mol. The molecule has 0 aromatic heterocycles. The average Bonchev–Trinajstić information content (AvgIpc) is 2.56. The van der Waals surface area contributed by atoms with Gasteiger partial charge in [-0.15, -0.1) is 0 Å².